The normalized spacial score (nSPS) is 10.1. The van der Waals surface area contributed by atoms with E-state index in [2.05, 4.69) is 4.98 Å². The summed E-state index contributed by atoms with van der Waals surface area (Å²) in [7, 11) is 0. The molecule has 0 radical (unpaired) electrons. The van der Waals surface area contributed by atoms with E-state index in [-0.39, 0.29) is 13.9 Å². The Labute approximate surface area is 85.5 Å². The second-order valence-electron chi connectivity index (χ2n) is 1.74. The molecule has 0 aliphatic carbocycles. The van der Waals surface area contributed by atoms with Gasteiger partial charge in [0.15, 0.2) is 5.75 Å². The van der Waals surface area contributed by atoms with Crippen molar-refractivity contribution in [3.8, 4) is 5.75 Å². The first-order valence-electron chi connectivity index (χ1n) is 2.49. The molecule has 0 fully saturated rings. The number of aromatic amines is 1. The Morgan fingerprint density at radius 1 is 1.45 bits per heavy atom. The summed E-state index contributed by atoms with van der Waals surface area (Å²) in [6, 6.07) is 0. The van der Waals surface area contributed by atoms with E-state index in [4.69, 9.17) is 28.3 Å². The maximum Gasteiger partial charge on any atom is 0.244 e. The molecule has 0 saturated heterocycles. The Kier molecular flexibility index (Phi) is 2.66. The highest BCUT2D eigenvalue weighted by atomic mass is 127. The fraction of sp³-hybridized carbons (Fsp3) is 0. The van der Waals surface area contributed by atoms with Gasteiger partial charge in [-0.25, -0.2) is 0 Å². The van der Waals surface area contributed by atoms with Crippen molar-refractivity contribution in [2.45, 2.75) is 0 Å². The molecule has 0 saturated carbocycles. The minimum Gasteiger partial charge on any atom is -0.502 e. The first kappa shape index (κ1) is 9.15. The van der Waals surface area contributed by atoms with Crippen LogP contribution in [0.1, 0.15) is 0 Å². The molecule has 0 aliphatic rings. The number of aromatic hydroxyl groups is 1. The predicted octanol–water partition coefficient (Wildman–Crippen LogP) is 1.99. The quantitative estimate of drug-likeness (QED) is 0.569. The molecule has 0 atom stereocenters. The first-order chi connectivity index (χ1) is 5.04. The molecule has 0 aliphatic heterocycles. The van der Waals surface area contributed by atoms with Crippen LogP contribution in [0.5, 0.6) is 5.75 Å². The van der Waals surface area contributed by atoms with Crippen molar-refractivity contribution < 1.29 is 5.11 Å². The Balaban J connectivity index is 3.59. The Morgan fingerprint density at radius 3 is 2.55 bits per heavy atom. The SMILES string of the molecule is O=c1c(O)c(I)[nH]c(Cl)c1Cl. The summed E-state index contributed by atoms with van der Waals surface area (Å²) >= 11 is 12.6. The smallest absolute Gasteiger partial charge is 0.244 e. The zero-order chi connectivity index (χ0) is 8.59. The van der Waals surface area contributed by atoms with Crippen molar-refractivity contribution in [2.24, 2.45) is 0 Å². The van der Waals surface area contributed by atoms with Crippen LogP contribution in [-0.2, 0) is 0 Å². The van der Waals surface area contributed by atoms with Gasteiger partial charge in [-0.3, -0.25) is 4.79 Å². The molecule has 0 bridgehead atoms. The number of H-pyrrole nitrogens is 1. The van der Waals surface area contributed by atoms with Crippen molar-refractivity contribution in [1.82, 2.24) is 4.98 Å². The van der Waals surface area contributed by atoms with Crippen LogP contribution in [0.25, 0.3) is 0 Å². The topological polar surface area (TPSA) is 53.1 Å². The molecule has 1 rings (SSSR count). The van der Waals surface area contributed by atoms with Crippen LogP contribution >= 0.6 is 45.8 Å². The molecule has 2 N–H and O–H groups in total. The fourth-order valence-electron chi connectivity index (χ4n) is 0.514. The number of hydrogen-bond donors (Lipinski definition) is 2. The van der Waals surface area contributed by atoms with Crippen LogP contribution in [0.2, 0.25) is 10.2 Å². The summed E-state index contributed by atoms with van der Waals surface area (Å²) < 4.78 is 0.280. The Morgan fingerprint density at radius 2 is 2.00 bits per heavy atom. The van der Waals surface area contributed by atoms with Gasteiger partial charge in [-0.05, 0) is 22.6 Å². The van der Waals surface area contributed by atoms with Gasteiger partial charge >= 0.3 is 0 Å². The number of aromatic nitrogens is 1. The third-order valence-electron chi connectivity index (χ3n) is 1.03. The van der Waals surface area contributed by atoms with Gasteiger partial charge in [0.2, 0.25) is 5.43 Å². The zero-order valence-electron chi connectivity index (χ0n) is 4.99. The molecule has 0 unspecified atom stereocenters. The van der Waals surface area contributed by atoms with Gasteiger partial charge < -0.3 is 10.1 Å². The van der Waals surface area contributed by atoms with Gasteiger partial charge in [-0.2, -0.15) is 0 Å². The number of nitrogens with one attached hydrogen (secondary N) is 1. The summed E-state index contributed by atoms with van der Waals surface area (Å²) in [6.45, 7) is 0. The van der Waals surface area contributed by atoms with Crippen molar-refractivity contribution in [1.29, 1.82) is 0 Å². The highest BCUT2D eigenvalue weighted by Crippen LogP contribution is 2.21. The van der Waals surface area contributed by atoms with Gasteiger partial charge in [-0.15, -0.1) is 0 Å². The molecule has 11 heavy (non-hydrogen) atoms. The lowest BCUT2D eigenvalue weighted by molar-refractivity contribution is 0.463. The Bertz CT molecular complexity index is 320. The van der Waals surface area contributed by atoms with Crippen LogP contribution in [0.3, 0.4) is 0 Å². The molecule has 1 heterocycles. The monoisotopic (exact) mass is 305 g/mol. The van der Waals surface area contributed by atoms with E-state index in [0.29, 0.717) is 0 Å². The minimum absolute atomic E-state index is 0.0406. The third kappa shape index (κ3) is 1.62. The number of rotatable bonds is 0. The lowest BCUT2D eigenvalue weighted by atomic mass is 10.4. The average Bonchev–Trinajstić information content (AvgIpc) is 1.97. The highest BCUT2D eigenvalue weighted by molar-refractivity contribution is 14.1. The van der Waals surface area contributed by atoms with E-state index in [9.17, 15) is 4.79 Å². The van der Waals surface area contributed by atoms with Gasteiger partial charge in [0, 0.05) is 0 Å². The van der Waals surface area contributed by atoms with Crippen molar-refractivity contribution in [2.75, 3.05) is 0 Å². The predicted molar refractivity (Wildman–Crippen MR) is 51.5 cm³/mol. The number of halogens is 3. The third-order valence-corrected chi connectivity index (χ3v) is 2.56. The van der Waals surface area contributed by atoms with Gasteiger partial charge in [0.05, 0.1) is 0 Å². The average molecular weight is 306 g/mol. The maximum absolute atomic E-state index is 10.9. The first-order valence-corrected chi connectivity index (χ1v) is 4.33. The standard InChI is InChI=1S/C5H2Cl2INO2/c6-1-2(10)3(11)5(8)9-4(1)7/h11H,(H,9,10). The van der Waals surface area contributed by atoms with Gasteiger partial charge in [0.1, 0.15) is 13.9 Å². The van der Waals surface area contributed by atoms with Crippen LogP contribution in [0.15, 0.2) is 4.79 Å². The molecule has 0 spiro atoms. The molecule has 1 aromatic rings. The molecule has 3 nitrogen and oxygen atoms in total. The van der Waals surface area contributed by atoms with Gasteiger partial charge in [0.25, 0.3) is 0 Å². The summed E-state index contributed by atoms with van der Waals surface area (Å²) in [5.74, 6) is -0.403. The Hall–Kier alpha value is 0.0600. The fourth-order valence-corrected chi connectivity index (χ4v) is 1.50. The van der Waals surface area contributed by atoms with E-state index < -0.39 is 11.2 Å². The van der Waals surface area contributed by atoms with Crippen molar-refractivity contribution >= 4 is 45.8 Å². The lowest BCUT2D eigenvalue weighted by Gasteiger charge is -1.98. The second-order valence-corrected chi connectivity index (χ2v) is 3.58. The second kappa shape index (κ2) is 3.20. The number of pyridine rings is 1. The van der Waals surface area contributed by atoms with E-state index in [1.54, 1.807) is 22.6 Å². The molecule has 6 heteroatoms. The minimum atomic E-state index is -0.653. The van der Waals surface area contributed by atoms with Crippen LogP contribution < -0.4 is 5.43 Å². The van der Waals surface area contributed by atoms with Crippen molar-refractivity contribution in [3.05, 3.63) is 24.1 Å². The van der Waals surface area contributed by atoms with E-state index >= 15 is 0 Å². The number of hydrogen-bond acceptors (Lipinski definition) is 2. The van der Waals surface area contributed by atoms with Crippen LogP contribution in [0, 0.1) is 3.70 Å². The van der Waals surface area contributed by atoms with E-state index in [1.165, 1.54) is 0 Å². The van der Waals surface area contributed by atoms with E-state index in [0.717, 1.165) is 0 Å². The molecule has 60 valence electrons. The lowest BCUT2D eigenvalue weighted by Crippen LogP contribution is -2.05. The highest BCUT2D eigenvalue weighted by Gasteiger charge is 2.10. The molecule has 0 amide bonds. The molecular weight excluding hydrogens is 304 g/mol. The summed E-state index contributed by atoms with van der Waals surface area (Å²) in [4.78, 5) is 13.4. The zero-order valence-corrected chi connectivity index (χ0v) is 8.66. The summed E-state index contributed by atoms with van der Waals surface area (Å²) in [5, 5.41) is 8.87. The maximum atomic E-state index is 10.9. The largest absolute Gasteiger partial charge is 0.502 e. The molecule has 1 aromatic heterocycles. The van der Waals surface area contributed by atoms with E-state index in [1.807, 2.05) is 0 Å². The van der Waals surface area contributed by atoms with Gasteiger partial charge in [-0.1, -0.05) is 23.2 Å². The van der Waals surface area contributed by atoms with Crippen LogP contribution in [0.4, 0.5) is 0 Å². The van der Waals surface area contributed by atoms with Crippen LogP contribution in [-0.4, -0.2) is 10.1 Å². The van der Waals surface area contributed by atoms with Crippen molar-refractivity contribution in [3.63, 3.8) is 0 Å². The molecule has 0 aromatic carbocycles. The summed E-state index contributed by atoms with van der Waals surface area (Å²) in [5.41, 5.74) is -0.653. The summed E-state index contributed by atoms with van der Waals surface area (Å²) in [6.07, 6.45) is 0. The molecular formula is C5H2Cl2INO2.